The van der Waals surface area contributed by atoms with Gasteiger partial charge in [0.2, 0.25) is 0 Å². The van der Waals surface area contributed by atoms with Gasteiger partial charge in [0, 0.05) is 25.0 Å². The molecule has 1 aromatic heterocycles. The Morgan fingerprint density at radius 1 is 1.33 bits per heavy atom. The van der Waals surface area contributed by atoms with Crippen LogP contribution in [0.25, 0.3) is 0 Å². The second-order valence-corrected chi connectivity index (χ2v) is 4.21. The van der Waals surface area contributed by atoms with Gasteiger partial charge in [-0.25, -0.2) is 4.98 Å². The number of hydrogen-bond acceptors (Lipinski definition) is 3. The number of nitrogens with zero attached hydrogens (tertiary/aromatic N) is 2. The van der Waals surface area contributed by atoms with Crippen LogP contribution in [-0.2, 0) is 11.3 Å². The predicted molar refractivity (Wildman–Crippen MR) is 58.4 cm³/mol. The maximum absolute atomic E-state index is 5.83. The number of ether oxygens (including phenoxy) is 1. The lowest BCUT2D eigenvalue weighted by Gasteiger charge is -2.26. The Bertz CT molecular complexity index is 265. The maximum atomic E-state index is 5.83. The molecular formula is C11H19N3O. The van der Waals surface area contributed by atoms with Gasteiger partial charge in [0.15, 0.2) is 0 Å². The highest BCUT2D eigenvalue weighted by molar-refractivity contribution is 4.76. The highest BCUT2D eigenvalue weighted by Crippen LogP contribution is 2.19. The van der Waals surface area contributed by atoms with E-state index in [0.717, 1.165) is 38.8 Å². The van der Waals surface area contributed by atoms with Crippen molar-refractivity contribution in [3.63, 3.8) is 0 Å². The van der Waals surface area contributed by atoms with Gasteiger partial charge in [0.1, 0.15) is 0 Å². The van der Waals surface area contributed by atoms with E-state index in [1.54, 1.807) is 6.20 Å². The SMILES string of the molecule is NC1CCC(OCCn2ccnc2)CC1. The molecule has 0 amide bonds. The van der Waals surface area contributed by atoms with Gasteiger partial charge in [-0.15, -0.1) is 0 Å². The summed E-state index contributed by atoms with van der Waals surface area (Å²) < 4.78 is 7.84. The van der Waals surface area contributed by atoms with Crippen LogP contribution in [0.4, 0.5) is 0 Å². The zero-order valence-corrected chi connectivity index (χ0v) is 9.01. The smallest absolute Gasteiger partial charge is 0.0946 e. The predicted octanol–water partition coefficient (Wildman–Crippen LogP) is 1.17. The van der Waals surface area contributed by atoms with Crippen molar-refractivity contribution in [3.8, 4) is 0 Å². The molecule has 2 rings (SSSR count). The molecule has 0 aromatic carbocycles. The Labute approximate surface area is 90.4 Å². The lowest BCUT2D eigenvalue weighted by Crippen LogP contribution is -2.30. The first-order valence-electron chi connectivity index (χ1n) is 5.67. The van der Waals surface area contributed by atoms with E-state index in [9.17, 15) is 0 Å². The number of nitrogens with two attached hydrogens (primary N) is 1. The molecule has 1 aliphatic carbocycles. The van der Waals surface area contributed by atoms with E-state index < -0.39 is 0 Å². The van der Waals surface area contributed by atoms with Crippen LogP contribution in [0.1, 0.15) is 25.7 Å². The lowest BCUT2D eigenvalue weighted by molar-refractivity contribution is 0.0209. The molecule has 4 nitrogen and oxygen atoms in total. The summed E-state index contributed by atoms with van der Waals surface area (Å²) in [6.07, 6.45) is 10.4. The minimum Gasteiger partial charge on any atom is -0.376 e. The first-order chi connectivity index (χ1) is 7.34. The Morgan fingerprint density at radius 2 is 2.13 bits per heavy atom. The van der Waals surface area contributed by atoms with Crippen molar-refractivity contribution >= 4 is 0 Å². The number of hydrogen-bond donors (Lipinski definition) is 1. The second kappa shape index (κ2) is 5.28. The summed E-state index contributed by atoms with van der Waals surface area (Å²) >= 11 is 0. The number of aromatic nitrogens is 2. The molecule has 2 N–H and O–H groups in total. The number of rotatable bonds is 4. The van der Waals surface area contributed by atoms with E-state index in [1.165, 1.54) is 0 Å². The zero-order valence-electron chi connectivity index (χ0n) is 9.01. The van der Waals surface area contributed by atoms with Crippen molar-refractivity contribution in [3.05, 3.63) is 18.7 Å². The fourth-order valence-corrected chi connectivity index (χ4v) is 2.00. The Hall–Kier alpha value is -0.870. The van der Waals surface area contributed by atoms with Gasteiger partial charge in [-0.1, -0.05) is 0 Å². The van der Waals surface area contributed by atoms with Gasteiger partial charge in [-0.05, 0) is 25.7 Å². The minimum absolute atomic E-state index is 0.401. The molecule has 0 aliphatic heterocycles. The average Bonchev–Trinajstić information content (AvgIpc) is 2.74. The topological polar surface area (TPSA) is 53.1 Å². The van der Waals surface area contributed by atoms with Crippen molar-refractivity contribution < 1.29 is 4.74 Å². The van der Waals surface area contributed by atoms with E-state index in [-0.39, 0.29) is 0 Å². The molecule has 0 bridgehead atoms. The van der Waals surface area contributed by atoms with Gasteiger partial charge in [0.25, 0.3) is 0 Å². The normalized spacial score (nSPS) is 26.7. The Balaban J connectivity index is 1.62. The van der Waals surface area contributed by atoms with Crippen LogP contribution in [0.3, 0.4) is 0 Å². The molecule has 1 heterocycles. The van der Waals surface area contributed by atoms with Crippen LogP contribution >= 0.6 is 0 Å². The van der Waals surface area contributed by atoms with E-state index in [1.807, 2.05) is 17.1 Å². The zero-order chi connectivity index (χ0) is 10.5. The van der Waals surface area contributed by atoms with Crippen LogP contribution in [-0.4, -0.2) is 28.3 Å². The summed E-state index contributed by atoms with van der Waals surface area (Å²) in [7, 11) is 0. The second-order valence-electron chi connectivity index (χ2n) is 4.21. The van der Waals surface area contributed by atoms with Gasteiger partial charge in [-0.3, -0.25) is 0 Å². The lowest BCUT2D eigenvalue weighted by atomic mass is 9.94. The molecule has 0 radical (unpaired) electrons. The third-order valence-electron chi connectivity index (χ3n) is 2.98. The van der Waals surface area contributed by atoms with Crippen molar-refractivity contribution in [2.45, 2.75) is 44.4 Å². The van der Waals surface area contributed by atoms with Crippen LogP contribution in [0.15, 0.2) is 18.7 Å². The summed E-state index contributed by atoms with van der Waals surface area (Å²) in [5, 5.41) is 0. The molecule has 4 heteroatoms. The molecule has 1 saturated carbocycles. The van der Waals surface area contributed by atoms with Crippen molar-refractivity contribution in [2.24, 2.45) is 5.73 Å². The highest BCUT2D eigenvalue weighted by Gasteiger charge is 2.18. The standard InChI is InChI=1S/C11H19N3O/c12-10-1-3-11(4-2-10)15-8-7-14-6-5-13-9-14/h5-6,9-11H,1-4,7-8,12H2. The molecule has 1 fully saturated rings. The third kappa shape index (κ3) is 3.32. The molecule has 0 spiro atoms. The van der Waals surface area contributed by atoms with Crippen LogP contribution < -0.4 is 5.73 Å². The summed E-state index contributed by atoms with van der Waals surface area (Å²) in [6, 6.07) is 0.401. The Morgan fingerprint density at radius 3 is 2.80 bits per heavy atom. The molecule has 84 valence electrons. The molecule has 15 heavy (non-hydrogen) atoms. The van der Waals surface area contributed by atoms with Gasteiger partial charge in [0.05, 0.1) is 19.0 Å². The monoisotopic (exact) mass is 209 g/mol. The van der Waals surface area contributed by atoms with Crippen LogP contribution in [0.5, 0.6) is 0 Å². The van der Waals surface area contributed by atoms with E-state index in [0.29, 0.717) is 12.1 Å². The quantitative estimate of drug-likeness (QED) is 0.810. The van der Waals surface area contributed by atoms with E-state index >= 15 is 0 Å². The van der Waals surface area contributed by atoms with E-state index in [2.05, 4.69) is 4.98 Å². The van der Waals surface area contributed by atoms with E-state index in [4.69, 9.17) is 10.5 Å². The first-order valence-corrected chi connectivity index (χ1v) is 5.67. The maximum Gasteiger partial charge on any atom is 0.0946 e. The summed E-state index contributed by atoms with van der Waals surface area (Å²) in [6.45, 7) is 1.67. The summed E-state index contributed by atoms with van der Waals surface area (Å²) in [5.41, 5.74) is 5.83. The average molecular weight is 209 g/mol. The minimum atomic E-state index is 0.401. The van der Waals surface area contributed by atoms with Crippen molar-refractivity contribution in [1.82, 2.24) is 9.55 Å². The first kappa shape index (κ1) is 10.6. The molecule has 1 aliphatic rings. The largest absolute Gasteiger partial charge is 0.376 e. The highest BCUT2D eigenvalue weighted by atomic mass is 16.5. The molecule has 0 atom stereocenters. The molecular weight excluding hydrogens is 190 g/mol. The number of imidazole rings is 1. The van der Waals surface area contributed by atoms with Crippen LogP contribution in [0, 0.1) is 0 Å². The molecule has 0 unspecified atom stereocenters. The van der Waals surface area contributed by atoms with Crippen LogP contribution in [0.2, 0.25) is 0 Å². The fourth-order valence-electron chi connectivity index (χ4n) is 2.00. The van der Waals surface area contributed by atoms with Crippen molar-refractivity contribution in [1.29, 1.82) is 0 Å². The van der Waals surface area contributed by atoms with Gasteiger partial charge in [-0.2, -0.15) is 0 Å². The molecule has 1 aromatic rings. The van der Waals surface area contributed by atoms with Gasteiger partial charge >= 0.3 is 0 Å². The Kier molecular flexibility index (Phi) is 3.75. The summed E-state index contributed by atoms with van der Waals surface area (Å²) in [5.74, 6) is 0. The molecule has 0 saturated heterocycles. The van der Waals surface area contributed by atoms with Crippen molar-refractivity contribution in [2.75, 3.05) is 6.61 Å². The fraction of sp³-hybridized carbons (Fsp3) is 0.727. The van der Waals surface area contributed by atoms with Gasteiger partial charge < -0.3 is 15.0 Å². The third-order valence-corrected chi connectivity index (χ3v) is 2.98. The summed E-state index contributed by atoms with van der Waals surface area (Å²) in [4.78, 5) is 3.99.